The zero-order chi connectivity index (χ0) is 19.8. The summed E-state index contributed by atoms with van der Waals surface area (Å²) in [6.07, 6.45) is 1.46. The van der Waals surface area contributed by atoms with Gasteiger partial charge in [0.15, 0.2) is 11.5 Å². The van der Waals surface area contributed by atoms with Crippen LogP contribution in [0.3, 0.4) is 0 Å². The summed E-state index contributed by atoms with van der Waals surface area (Å²) in [7, 11) is 3.26. The fraction of sp³-hybridized carbons (Fsp3) is 0.333. The summed E-state index contributed by atoms with van der Waals surface area (Å²) in [4.78, 5) is 9.21. The number of nitrogens with one attached hydrogen (secondary N) is 2. The van der Waals surface area contributed by atoms with Crippen molar-refractivity contribution in [2.45, 2.75) is 12.8 Å². The van der Waals surface area contributed by atoms with Gasteiger partial charge in [0.1, 0.15) is 5.82 Å². The highest BCUT2D eigenvalue weighted by atomic mass is 16.5. The van der Waals surface area contributed by atoms with Crippen LogP contribution in [0.5, 0.6) is 11.5 Å². The minimum absolute atomic E-state index is 0.145. The zero-order valence-corrected chi connectivity index (χ0v) is 16.2. The summed E-state index contributed by atoms with van der Waals surface area (Å²) < 4.78 is 10.6. The SMILES string of the molecule is COc1ccc(CCNc2nc(NCCCO)c3ccccc3n2)cc1OC. The maximum Gasteiger partial charge on any atom is 0.225 e. The maximum atomic E-state index is 9.00. The number of ether oxygens (including phenoxy) is 2. The molecule has 3 N–H and O–H groups in total. The summed E-state index contributed by atoms with van der Waals surface area (Å²) in [5.74, 6) is 2.78. The lowest BCUT2D eigenvalue weighted by Crippen LogP contribution is -2.11. The fourth-order valence-corrected chi connectivity index (χ4v) is 2.93. The quantitative estimate of drug-likeness (QED) is 0.464. The van der Waals surface area contributed by atoms with Gasteiger partial charge in [0.2, 0.25) is 5.95 Å². The van der Waals surface area contributed by atoms with Gasteiger partial charge in [0.05, 0.1) is 19.7 Å². The van der Waals surface area contributed by atoms with Crippen LogP contribution in [0.1, 0.15) is 12.0 Å². The van der Waals surface area contributed by atoms with Crippen molar-refractivity contribution >= 4 is 22.7 Å². The third kappa shape index (κ3) is 4.80. The van der Waals surface area contributed by atoms with Crippen molar-refractivity contribution in [2.24, 2.45) is 0 Å². The van der Waals surface area contributed by atoms with Gasteiger partial charge in [-0.3, -0.25) is 0 Å². The predicted octanol–water partition coefficient (Wildman–Crippen LogP) is 3.10. The molecule has 0 saturated carbocycles. The molecule has 7 nitrogen and oxygen atoms in total. The molecule has 0 atom stereocenters. The van der Waals surface area contributed by atoms with Crippen LogP contribution in [0.15, 0.2) is 42.5 Å². The number of nitrogens with zero attached hydrogens (tertiary/aromatic N) is 2. The van der Waals surface area contributed by atoms with E-state index in [1.165, 1.54) is 0 Å². The van der Waals surface area contributed by atoms with Crippen LogP contribution in [0.2, 0.25) is 0 Å². The van der Waals surface area contributed by atoms with Gasteiger partial charge in [-0.1, -0.05) is 18.2 Å². The van der Waals surface area contributed by atoms with Gasteiger partial charge in [0, 0.05) is 25.1 Å². The van der Waals surface area contributed by atoms with Crippen molar-refractivity contribution in [3.63, 3.8) is 0 Å². The summed E-state index contributed by atoms with van der Waals surface area (Å²) in [5.41, 5.74) is 2.00. The second kappa shape index (κ2) is 9.75. The Labute approximate surface area is 164 Å². The van der Waals surface area contributed by atoms with Crippen molar-refractivity contribution in [3.05, 3.63) is 48.0 Å². The first-order valence-electron chi connectivity index (χ1n) is 9.31. The second-order valence-electron chi connectivity index (χ2n) is 6.28. The van der Waals surface area contributed by atoms with Gasteiger partial charge in [-0.2, -0.15) is 4.98 Å². The van der Waals surface area contributed by atoms with E-state index in [0.717, 1.165) is 40.2 Å². The van der Waals surface area contributed by atoms with E-state index in [1.54, 1.807) is 14.2 Å². The standard InChI is InChI=1S/C21H26N4O3/c1-27-18-9-8-15(14-19(18)28-2)10-12-23-21-24-17-7-4-3-6-16(17)20(25-21)22-11-5-13-26/h3-4,6-9,14,26H,5,10-13H2,1-2H3,(H2,22,23,24,25). The number of rotatable bonds is 10. The van der Waals surface area contributed by atoms with Gasteiger partial charge in [-0.05, 0) is 42.7 Å². The number of hydrogen-bond donors (Lipinski definition) is 3. The van der Waals surface area contributed by atoms with E-state index in [1.807, 2.05) is 42.5 Å². The molecule has 0 unspecified atom stereocenters. The summed E-state index contributed by atoms with van der Waals surface area (Å²) in [6, 6.07) is 13.8. The van der Waals surface area contributed by atoms with Crippen molar-refractivity contribution < 1.29 is 14.6 Å². The molecule has 0 aliphatic carbocycles. The van der Waals surface area contributed by atoms with Crippen LogP contribution in [0.4, 0.5) is 11.8 Å². The number of hydrogen-bond acceptors (Lipinski definition) is 7. The van der Waals surface area contributed by atoms with Gasteiger partial charge >= 0.3 is 0 Å². The molecule has 2 aromatic carbocycles. The van der Waals surface area contributed by atoms with Crippen molar-refractivity contribution in [3.8, 4) is 11.5 Å². The molecule has 0 fully saturated rings. The first kappa shape index (κ1) is 19.7. The van der Waals surface area contributed by atoms with Gasteiger partial charge < -0.3 is 25.2 Å². The molecule has 0 spiro atoms. The average molecular weight is 382 g/mol. The van der Waals surface area contributed by atoms with Crippen molar-refractivity contribution in [2.75, 3.05) is 44.5 Å². The topological polar surface area (TPSA) is 88.5 Å². The summed E-state index contributed by atoms with van der Waals surface area (Å²) >= 11 is 0. The van der Waals surface area contributed by atoms with E-state index >= 15 is 0 Å². The van der Waals surface area contributed by atoms with Crippen molar-refractivity contribution in [1.82, 2.24) is 9.97 Å². The molecule has 0 aliphatic heterocycles. The molecular weight excluding hydrogens is 356 g/mol. The van der Waals surface area contributed by atoms with E-state index in [2.05, 4.69) is 20.6 Å². The van der Waals surface area contributed by atoms with E-state index in [9.17, 15) is 0 Å². The van der Waals surface area contributed by atoms with Crippen molar-refractivity contribution in [1.29, 1.82) is 0 Å². The third-order valence-electron chi connectivity index (χ3n) is 4.38. The number of methoxy groups -OCH3 is 2. The smallest absolute Gasteiger partial charge is 0.225 e. The molecule has 0 radical (unpaired) electrons. The Morgan fingerprint density at radius 2 is 1.75 bits per heavy atom. The van der Waals surface area contributed by atoms with E-state index in [-0.39, 0.29) is 6.61 Å². The largest absolute Gasteiger partial charge is 0.493 e. The lowest BCUT2D eigenvalue weighted by atomic mass is 10.1. The number of aromatic nitrogens is 2. The van der Waals surface area contributed by atoms with Crippen LogP contribution in [-0.2, 0) is 6.42 Å². The highest BCUT2D eigenvalue weighted by Crippen LogP contribution is 2.27. The Balaban J connectivity index is 1.70. The van der Waals surface area contributed by atoms with Gasteiger partial charge in [-0.25, -0.2) is 4.98 Å². The molecule has 1 aromatic heterocycles. The first-order chi connectivity index (χ1) is 13.7. The Kier molecular flexibility index (Phi) is 6.86. The minimum Gasteiger partial charge on any atom is -0.493 e. The van der Waals surface area contributed by atoms with Crippen LogP contribution in [0, 0.1) is 0 Å². The third-order valence-corrected chi connectivity index (χ3v) is 4.38. The van der Waals surface area contributed by atoms with Gasteiger partial charge in [0.25, 0.3) is 0 Å². The molecule has 148 valence electrons. The number of fused-ring (bicyclic) bond motifs is 1. The number of anilines is 2. The monoisotopic (exact) mass is 382 g/mol. The van der Waals surface area contributed by atoms with E-state index in [0.29, 0.717) is 25.5 Å². The lowest BCUT2D eigenvalue weighted by molar-refractivity contribution is 0.292. The molecule has 0 amide bonds. The maximum absolute atomic E-state index is 9.00. The lowest BCUT2D eigenvalue weighted by Gasteiger charge is -2.12. The Bertz CT molecular complexity index is 917. The number of aliphatic hydroxyl groups is 1. The molecule has 3 aromatic rings. The van der Waals surface area contributed by atoms with Gasteiger partial charge in [-0.15, -0.1) is 0 Å². The molecule has 1 heterocycles. The fourth-order valence-electron chi connectivity index (χ4n) is 2.93. The number of benzene rings is 2. The average Bonchev–Trinajstić information content (AvgIpc) is 2.73. The molecule has 0 saturated heterocycles. The normalized spacial score (nSPS) is 10.7. The van der Waals surface area contributed by atoms with E-state index in [4.69, 9.17) is 14.6 Å². The second-order valence-corrected chi connectivity index (χ2v) is 6.28. The summed E-state index contributed by atoms with van der Waals surface area (Å²) in [5, 5.41) is 16.6. The summed E-state index contributed by atoms with van der Waals surface area (Å²) in [6.45, 7) is 1.49. The Morgan fingerprint density at radius 3 is 2.54 bits per heavy atom. The number of para-hydroxylation sites is 1. The zero-order valence-electron chi connectivity index (χ0n) is 16.2. The highest BCUT2D eigenvalue weighted by molar-refractivity contribution is 5.90. The first-order valence-corrected chi connectivity index (χ1v) is 9.31. The molecule has 7 heteroatoms. The Hall–Kier alpha value is -3.06. The predicted molar refractivity (Wildman–Crippen MR) is 111 cm³/mol. The molecular formula is C21H26N4O3. The molecule has 3 rings (SSSR count). The van der Waals surface area contributed by atoms with E-state index < -0.39 is 0 Å². The Morgan fingerprint density at radius 1 is 0.929 bits per heavy atom. The van der Waals surface area contributed by atoms with Crippen LogP contribution < -0.4 is 20.1 Å². The molecule has 28 heavy (non-hydrogen) atoms. The minimum atomic E-state index is 0.145. The number of aliphatic hydroxyl groups excluding tert-OH is 1. The molecule has 0 bridgehead atoms. The van der Waals surface area contributed by atoms with Crippen LogP contribution >= 0.6 is 0 Å². The highest BCUT2D eigenvalue weighted by Gasteiger charge is 2.08. The van der Waals surface area contributed by atoms with Crippen LogP contribution in [-0.4, -0.2) is 49.0 Å². The van der Waals surface area contributed by atoms with Crippen LogP contribution in [0.25, 0.3) is 10.9 Å². The molecule has 0 aliphatic rings.